The third kappa shape index (κ3) is 5.99. The first-order valence-corrected chi connectivity index (χ1v) is 8.25. The molecule has 2 aromatic carbocycles. The Bertz CT molecular complexity index is 611. The van der Waals surface area contributed by atoms with Gasteiger partial charge in [-0.2, -0.15) is 0 Å². The zero-order chi connectivity index (χ0) is 16.7. The molecule has 0 aliphatic rings. The molecule has 0 radical (unpaired) electrons. The van der Waals surface area contributed by atoms with Gasteiger partial charge in [-0.3, -0.25) is 4.79 Å². The van der Waals surface area contributed by atoms with Crippen LogP contribution in [0, 0.1) is 0 Å². The van der Waals surface area contributed by atoms with Crippen molar-refractivity contribution >= 4 is 18.3 Å². The molecule has 1 amide bonds. The summed E-state index contributed by atoms with van der Waals surface area (Å²) in [4.78, 5) is 12.0. The lowest BCUT2D eigenvalue weighted by Crippen LogP contribution is -2.34. The Morgan fingerprint density at radius 3 is 2.21 bits per heavy atom. The number of rotatable bonds is 7. The van der Waals surface area contributed by atoms with E-state index in [1.54, 1.807) is 0 Å². The molecule has 1 atom stereocenters. The van der Waals surface area contributed by atoms with Crippen LogP contribution in [0.3, 0.4) is 0 Å². The number of carbonyl (C=O) groups is 1. The Labute approximate surface area is 151 Å². The number of hydrogen-bond acceptors (Lipinski definition) is 2. The van der Waals surface area contributed by atoms with Gasteiger partial charge in [-0.05, 0) is 35.4 Å². The Balaban J connectivity index is 0.00000288. The largest absolute Gasteiger partial charge is 0.354 e. The van der Waals surface area contributed by atoms with Crippen LogP contribution in [0.25, 0.3) is 0 Å². The van der Waals surface area contributed by atoms with Gasteiger partial charge in [-0.1, -0.05) is 68.4 Å². The van der Waals surface area contributed by atoms with Crippen LogP contribution in [0.4, 0.5) is 0 Å². The minimum atomic E-state index is -0.596. The van der Waals surface area contributed by atoms with Gasteiger partial charge >= 0.3 is 0 Å². The number of amides is 1. The minimum absolute atomic E-state index is 0. The van der Waals surface area contributed by atoms with Gasteiger partial charge in [0.2, 0.25) is 5.91 Å². The smallest absolute Gasteiger partial charge is 0.241 e. The highest BCUT2D eigenvalue weighted by Crippen LogP contribution is 2.15. The summed E-state index contributed by atoms with van der Waals surface area (Å²) in [6.07, 6.45) is 1.87. The molecule has 1 unspecified atom stereocenters. The monoisotopic (exact) mass is 346 g/mol. The van der Waals surface area contributed by atoms with Crippen molar-refractivity contribution in [1.82, 2.24) is 5.32 Å². The first-order valence-electron chi connectivity index (χ1n) is 8.25. The van der Waals surface area contributed by atoms with Crippen LogP contribution >= 0.6 is 12.4 Å². The molecular weight excluding hydrogens is 320 g/mol. The molecule has 130 valence electrons. The van der Waals surface area contributed by atoms with E-state index in [-0.39, 0.29) is 18.3 Å². The van der Waals surface area contributed by atoms with Crippen molar-refractivity contribution in [3.63, 3.8) is 0 Å². The van der Waals surface area contributed by atoms with E-state index in [9.17, 15) is 4.79 Å². The lowest BCUT2D eigenvalue weighted by Gasteiger charge is -2.12. The van der Waals surface area contributed by atoms with E-state index < -0.39 is 6.04 Å². The third-order valence-electron chi connectivity index (χ3n) is 4.03. The molecule has 0 aliphatic heterocycles. The summed E-state index contributed by atoms with van der Waals surface area (Å²) >= 11 is 0. The van der Waals surface area contributed by atoms with E-state index in [4.69, 9.17) is 5.73 Å². The van der Waals surface area contributed by atoms with Crippen molar-refractivity contribution in [2.45, 2.75) is 38.6 Å². The zero-order valence-corrected chi connectivity index (χ0v) is 15.2. The Morgan fingerprint density at radius 1 is 1.00 bits per heavy atom. The Kier molecular flexibility index (Phi) is 8.51. The van der Waals surface area contributed by atoms with E-state index in [2.05, 4.69) is 43.4 Å². The van der Waals surface area contributed by atoms with Gasteiger partial charge < -0.3 is 11.1 Å². The average molecular weight is 347 g/mol. The van der Waals surface area contributed by atoms with Gasteiger partial charge in [0.15, 0.2) is 0 Å². The van der Waals surface area contributed by atoms with Crippen molar-refractivity contribution in [3.8, 4) is 0 Å². The summed E-state index contributed by atoms with van der Waals surface area (Å²) in [5.41, 5.74) is 9.47. The molecule has 2 aromatic rings. The summed E-state index contributed by atoms with van der Waals surface area (Å²) in [5, 5.41) is 2.92. The Morgan fingerprint density at radius 2 is 1.62 bits per heavy atom. The number of nitrogens with one attached hydrogen (secondary N) is 1. The highest BCUT2D eigenvalue weighted by molar-refractivity contribution is 5.85. The van der Waals surface area contributed by atoms with Crippen molar-refractivity contribution in [2.24, 2.45) is 5.73 Å². The van der Waals surface area contributed by atoms with Crippen LogP contribution < -0.4 is 11.1 Å². The fourth-order valence-electron chi connectivity index (χ4n) is 2.50. The van der Waals surface area contributed by atoms with E-state index in [0.29, 0.717) is 12.5 Å². The van der Waals surface area contributed by atoms with Crippen molar-refractivity contribution in [1.29, 1.82) is 0 Å². The zero-order valence-electron chi connectivity index (χ0n) is 14.4. The van der Waals surface area contributed by atoms with E-state index >= 15 is 0 Å². The maximum Gasteiger partial charge on any atom is 0.241 e. The van der Waals surface area contributed by atoms with Gasteiger partial charge in [-0.15, -0.1) is 12.4 Å². The lowest BCUT2D eigenvalue weighted by molar-refractivity contribution is -0.122. The van der Waals surface area contributed by atoms with Crippen LogP contribution in [-0.4, -0.2) is 12.5 Å². The first kappa shape index (κ1) is 20.2. The minimum Gasteiger partial charge on any atom is -0.354 e. The van der Waals surface area contributed by atoms with Crippen molar-refractivity contribution < 1.29 is 4.79 Å². The molecule has 0 saturated heterocycles. The van der Waals surface area contributed by atoms with Gasteiger partial charge in [0.05, 0.1) is 0 Å². The van der Waals surface area contributed by atoms with Crippen LogP contribution in [-0.2, 0) is 11.2 Å². The topological polar surface area (TPSA) is 55.1 Å². The second-order valence-corrected chi connectivity index (χ2v) is 6.18. The number of aryl methyl sites for hydroxylation is 1. The highest BCUT2D eigenvalue weighted by atomic mass is 35.5. The number of benzene rings is 2. The molecule has 0 fully saturated rings. The Hall–Kier alpha value is -1.84. The molecule has 0 aliphatic carbocycles. The number of halogens is 1. The average Bonchev–Trinajstić information content (AvgIpc) is 2.59. The number of nitrogens with two attached hydrogens (primary N) is 1. The van der Waals surface area contributed by atoms with Crippen LogP contribution in [0.2, 0.25) is 0 Å². The van der Waals surface area contributed by atoms with E-state index in [1.807, 2.05) is 30.3 Å². The van der Waals surface area contributed by atoms with Crippen LogP contribution in [0.5, 0.6) is 0 Å². The normalized spacial score (nSPS) is 11.7. The van der Waals surface area contributed by atoms with E-state index in [0.717, 1.165) is 18.4 Å². The molecular formula is C20H27ClN2O. The van der Waals surface area contributed by atoms with Gasteiger partial charge in [0.25, 0.3) is 0 Å². The molecule has 0 saturated carbocycles. The molecule has 3 nitrogen and oxygen atoms in total. The predicted molar refractivity (Wildman–Crippen MR) is 102 cm³/mol. The molecule has 3 N–H and O–H groups in total. The van der Waals surface area contributed by atoms with Crippen molar-refractivity contribution in [2.75, 3.05) is 6.54 Å². The van der Waals surface area contributed by atoms with Gasteiger partial charge in [0.1, 0.15) is 6.04 Å². The molecule has 4 heteroatoms. The first-order chi connectivity index (χ1) is 11.1. The molecule has 2 rings (SSSR count). The standard InChI is InChI=1S/C20H26N2O.ClH/c1-15(2)17-12-10-16(11-13-17)7-6-14-22-20(23)19(21)18-8-4-3-5-9-18;/h3-5,8-13,15,19H,6-7,14,21H2,1-2H3,(H,22,23);1H. The fraction of sp³-hybridized carbons (Fsp3) is 0.350. The quantitative estimate of drug-likeness (QED) is 0.745. The second kappa shape index (κ2) is 10.1. The number of carbonyl (C=O) groups excluding carboxylic acids is 1. The summed E-state index contributed by atoms with van der Waals surface area (Å²) < 4.78 is 0. The molecule has 0 bridgehead atoms. The van der Waals surface area contributed by atoms with Gasteiger partial charge in [-0.25, -0.2) is 0 Å². The summed E-state index contributed by atoms with van der Waals surface area (Å²) in [5.74, 6) is 0.439. The molecule has 0 spiro atoms. The van der Waals surface area contributed by atoms with Gasteiger partial charge in [0, 0.05) is 6.54 Å². The summed E-state index contributed by atoms with van der Waals surface area (Å²) in [6, 6.07) is 17.6. The molecule has 0 aromatic heterocycles. The lowest BCUT2D eigenvalue weighted by atomic mass is 10.0. The van der Waals surface area contributed by atoms with Crippen molar-refractivity contribution in [3.05, 3.63) is 71.3 Å². The third-order valence-corrected chi connectivity index (χ3v) is 4.03. The summed E-state index contributed by atoms with van der Waals surface area (Å²) in [7, 11) is 0. The fourth-order valence-corrected chi connectivity index (χ4v) is 2.50. The maximum absolute atomic E-state index is 12.0. The van der Waals surface area contributed by atoms with E-state index in [1.165, 1.54) is 11.1 Å². The highest BCUT2D eigenvalue weighted by Gasteiger charge is 2.14. The van der Waals surface area contributed by atoms with Crippen LogP contribution in [0.1, 0.15) is 48.9 Å². The maximum atomic E-state index is 12.0. The number of hydrogen-bond donors (Lipinski definition) is 2. The SMILES string of the molecule is CC(C)c1ccc(CCCNC(=O)C(N)c2ccccc2)cc1.Cl. The second-order valence-electron chi connectivity index (χ2n) is 6.18. The summed E-state index contributed by atoms with van der Waals surface area (Å²) in [6.45, 7) is 5.03. The molecule has 24 heavy (non-hydrogen) atoms. The van der Waals surface area contributed by atoms with Crippen LogP contribution in [0.15, 0.2) is 54.6 Å². The predicted octanol–water partition coefficient (Wildman–Crippen LogP) is 3.98. The molecule has 0 heterocycles.